The van der Waals surface area contributed by atoms with Gasteiger partial charge in [0.1, 0.15) is 0 Å². The third kappa shape index (κ3) is 2.56. The predicted molar refractivity (Wildman–Crippen MR) is 73.5 cm³/mol. The van der Waals surface area contributed by atoms with E-state index in [1.807, 2.05) is 0 Å². The number of piperidine rings is 1. The van der Waals surface area contributed by atoms with Crippen LogP contribution in [0, 0.1) is 5.41 Å². The molecule has 1 heterocycles. The highest BCUT2D eigenvalue weighted by atomic mass is 16.2. The Balaban J connectivity index is 1.72. The zero-order valence-electron chi connectivity index (χ0n) is 11.8. The average Bonchev–Trinajstić information content (AvgIpc) is 2.40. The van der Waals surface area contributed by atoms with Gasteiger partial charge in [0.05, 0.1) is 0 Å². The summed E-state index contributed by atoms with van der Waals surface area (Å²) in [5.74, 6) is 0.259. The SMILES string of the molecule is O=C1CC2(CCCCC2)CC(=O)N1C1CCCCC1. The molecular formula is C16H25NO2. The van der Waals surface area contributed by atoms with Crippen LogP contribution in [0.2, 0.25) is 0 Å². The lowest BCUT2D eigenvalue weighted by atomic mass is 9.67. The first-order chi connectivity index (χ1) is 9.20. The molecule has 106 valence electrons. The quantitative estimate of drug-likeness (QED) is 0.680. The van der Waals surface area contributed by atoms with Crippen molar-refractivity contribution in [3.8, 4) is 0 Å². The molecule has 1 aliphatic heterocycles. The molecule has 3 fully saturated rings. The molecule has 0 unspecified atom stereocenters. The summed E-state index contributed by atoms with van der Waals surface area (Å²) in [7, 11) is 0. The van der Waals surface area contributed by atoms with Crippen LogP contribution >= 0.6 is 0 Å². The number of carbonyl (C=O) groups is 2. The van der Waals surface area contributed by atoms with Gasteiger partial charge in [-0.2, -0.15) is 0 Å². The molecule has 0 radical (unpaired) electrons. The van der Waals surface area contributed by atoms with Gasteiger partial charge in [0.25, 0.3) is 0 Å². The Labute approximate surface area is 115 Å². The number of likely N-dealkylation sites (tertiary alicyclic amines) is 1. The second kappa shape index (κ2) is 5.26. The molecule has 0 atom stereocenters. The lowest BCUT2D eigenvalue weighted by Crippen LogP contribution is -2.53. The first-order valence-electron chi connectivity index (χ1n) is 8.05. The van der Waals surface area contributed by atoms with Crippen LogP contribution in [0.5, 0.6) is 0 Å². The number of amides is 2. The largest absolute Gasteiger partial charge is 0.279 e. The number of rotatable bonds is 1. The van der Waals surface area contributed by atoms with Crippen molar-refractivity contribution in [2.75, 3.05) is 0 Å². The van der Waals surface area contributed by atoms with E-state index in [0.29, 0.717) is 12.8 Å². The van der Waals surface area contributed by atoms with E-state index in [-0.39, 0.29) is 23.3 Å². The molecule has 3 heteroatoms. The maximum Gasteiger partial charge on any atom is 0.229 e. The molecule has 2 saturated carbocycles. The van der Waals surface area contributed by atoms with Crippen molar-refractivity contribution in [3.05, 3.63) is 0 Å². The van der Waals surface area contributed by atoms with Crippen LogP contribution in [0.4, 0.5) is 0 Å². The minimum Gasteiger partial charge on any atom is -0.279 e. The number of hydrogen-bond acceptors (Lipinski definition) is 2. The third-order valence-electron chi connectivity index (χ3n) is 5.44. The van der Waals surface area contributed by atoms with Crippen LogP contribution in [0.25, 0.3) is 0 Å². The van der Waals surface area contributed by atoms with Crippen molar-refractivity contribution in [2.24, 2.45) is 5.41 Å². The van der Waals surface area contributed by atoms with Gasteiger partial charge in [0.15, 0.2) is 0 Å². The summed E-state index contributed by atoms with van der Waals surface area (Å²) in [5.41, 5.74) is 0.0393. The zero-order valence-corrected chi connectivity index (χ0v) is 11.8. The van der Waals surface area contributed by atoms with E-state index in [4.69, 9.17) is 0 Å². The van der Waals surface area contributed by atoms with Crippen LogP contribution in [-0.4, -0.2) is 22.8 Å². The average molecular weight is 263 g/mol. The lowest BCUT2D eigenvalue weighted by Gasteiger charge is -2.45. The van der Waals surface area contributed by atoms with E-state index in [1.165, 1.54) is 38.5 Å². The van der Waals surface area contributed by atoms with Gasteiger partial charge in [0, 0.05) is 18.9 Å². The van der Waals surface area contributed by atoms with Crippen LogP contribution in [0.1, 0.15) is 77.0 Å². The molecule has 3 nitrogen and oxygen atoms in total. The lowest BCUT2D eigenvalue weighted by molar-refractivity contribution is -0.158. The molecule has 3 rings (SSSR count). The Hall–Kier alpha value is -0.860. The fourth-order valence-electron chi connectivity index (χ4n) is 4.42. The molecule has 0 aromatic carbocycles. The molecule has 0 N–H and O–H groups in total. The van der Waals surface area contributed by atoms with Crippen molar-refractivity contribution >= 4 is 11.8 Å². The van der Waals surface area contributed by atoms with Crippen molar-refractivity contribution in [3.63, 3.8) is 0 Å². The first-order valence-corrected chi connectivity index (χ1v) is 8.05. The standard InChI is InChI=1S/C16H25NO2/c18-14-11-16(9-5-2-6-10-16)12-15(19)17(14)13-7-3-1-4-8-13/h13H,1-12H2. The Morgan fingerprint density at radius 1 is 0.789 bits per heavy atom. The van der Waals surface area contributed by atoms with Gasteiger partial charge in [-0.05, 0) is 31.1 Å². The Kier molecular flexibility index (Phi) is 3.64. The van der Waals surface area contributed by atoms with Crippen molar-refractivity contribution in [1.82, 2.24) is 4.90 Å². The summed E-state index contributed by atoms with van der Waals surface area (Å²) in [6, 6.07) is 0.217. The summed E-state index contributed by atoms with van der Waals surface area (Å²) < 4.78 is 0. The number of nitrogens with zero attached hydrogens (tertiary/aromatic N) is 1. The van der Waals surface area contributed by atoms with Gasteiger partial charge >= 0.3 is 0 Å². The van der Waals surface area contributed by atoms with Crippen molar-refractivity contribution in [2.45, 2.75) is 83.1 Å². The van der Waals surface area contributed by atoms with E-state index >= 15 is 0 Å². The number of imide groups is 1. The van der Waals surface area contributed by atoms with Crippen LogP contribution in [-0.2, 0) is 9.59 Å². The van der Waals surface area contributed by atoms with E-state index in [0.717, 1.165) is 25.7 Å². The topological polar surface area (TPSA) is 37.4 Å². The summed E-state index contributed by atoms with van der Waals surface area (Å²) in [6.45, 7) is 0. The van der Waals surface area contributed by atoms with Gasteiger partial charge in [-0.25, -0.2) is 0 Å². The van der Waals surface area contributed by atoms with Gasteiger partial charge in [0.2, 0.25) is 11.8 Å². The maximum atomic E-state index is 12.5. The summed E-state index contributed by atoms with van der Waals surface area (Å²) in [4.78, 5) is 26.6. The highest BCUT2D eigenvalue weighted by molar-refractivity contribution is 5.99. The van der Waals surface area contributed by atoms with E-state index in [1.54, 1.807) is 4.90 Å². The van der Waals surface area contributed by atoms with E-state index < -0.39 is 0 Å². The monoisotopic (exact) mass is 263 g/mol. The Morgan fingerprint density at radius 3 is 1.89 bits per heavy atom. The van der Waals surface area contributed by atoms with Crippen molar-refractivity contribution in [1.29, 1.82) is 0 Å². The fourth-order valence-corrected chi connectivity index (χ4v) is 4.42. The van der Waals surface area contributed by atoms with E-state index in [2.05, 4.69) is 0 Å². The highest BCUT2D eigenvalue weighted by Crippen LogP contribution is 2.46. The minimum absolute atomic E-state index is 0.0393. The molecule has 2 amide bonds. The molecule has 1 saturated heterocycles. The molecule has 1 spiro atoms. The van der Waals surface area contributed by atoms with Crippen LogP contribution < -0.4 is 0 Å². The highest BCUT2D eigenvalue weighted by Gasteiger charge is 2.45. The van der Waals surface area contributed by atoms with E-state index in [9.17, 15) is 9.59 Å². The van der Waals surface area contributed by atoms with Gasteiger partial charge in [-0.1, -0.05) is 38.5 Å². The number of carbonyl (C=O) groups excluding carboxylic acids is 2. The zero-order chi connectivity index (χ0) is 13.3. The minimum atomic E-state index is 0.0393. The molecule has 0 aromatic heterocycles. The van der Waals surface area contributed by atoms with Crippen LogP contribution in [0.15, 0.2) is 0 Å². The summed E-state index contributed by atoms with van der Waals surface area (Å²) in [6.07, 6.45) is 12.8. The second-order valence-electron chi connectivity index (χ2n) is 6.86. The fraction of sp³-hybridized carbons (Fsp3) is 0.875. The second-order valence-corrected chi connectivity index (χ2v) is 6.86. The number of hydrogen-bond donors (Lipinski definition) is 0. The van der Waals surface area contributed by atoms with Crippen molar-refractivity contribution < 1.29 is 9.59 Å². The summed E-state index contributed by atoms with van der Waals surface area (Å²) in [5, 5.41) is 0. The molecule has 0 bridgehead atoms. The first kappa shape index (κ1) is 13.1. The van der Waals surface area contributed by atoms with Gasteiger partial charge < -0.3 is 0 Å². The molecule has 2 aliphatic carbocycles. The Morgan fingerprint density at radius 2 is 1.32 bits per heavy atom. The van der Waals surface area contributed by atoms with Crippen LogP contribution in [0.3, 0.4) is 0 Å². The van der Waals surface area contributed by atoms with Gasteiger partial charge in [-0.3, -0.25) is 14.5 Å². The smallest absolute Gasteiger partial charge is 0.229 e. The molecular weight excluding hydrogens is 238 g/mol. The summed E-state index contributed by atoms with van der Waals surface area (Å²) >= 11 is 0. The third-order valence-corrected chi connectivity index (χ3v) is 5.44. The Bertz CT molecular complexity index is 345. The predicted octanol–water partition coefficient (Wildman–Crippen LogP) is 3.42. The molecule has 3 aliphatic rings. The maximum absolute atomic E-state index is 12.5. The molecule has 0 aromatic rings. The molecule has 19 heavy (non-hydrogen) atoms. The van der Waals surface area contributed by atoms with Gasteiger partial charge in [-0.15, -0.1) is 0 Å². The normalized spacial score (nSPS) is 28.9.